The Morgan fingerprint density at radius 2 is 2.00 bits per heavy atom. The van der Waals surface area contributed by atoms with Crippen molar-refractivity contribution in [3.63, 3.8) is 0 Å². The number of carbonyl (C=O) groups excluding carboxylic acids is 3. The number of benzene rings is 2. The van der Waals surface area contributed by atoms with Crippen LogP contribution in [0, 0.1) is 5.92 Å². The molecule has 182 valence electrons. The van der Waals surface area contributed by atoms with Crippen LogP contribution in [0.4, 0.5) is 10.5 Å². The topological polar surface area (TPSA) is 111 Å². The molecule has 1 saturated heterocycles. The molecule has 2 aliphatic rings. The Labute approximate surface area is 204 Å². The first kappa shape index (κ1) is 23.1. The highest BCUT2D eigenvalue weighted by Crippen LogP contribution is 2.37. The van der Waals surface area contributed by atoms with E-state index in [4.69, 9.17) is 25.5 Å². The largest absolute Gasteiger partial charge is 0.465 e. The van der Waals surface area contributed by atoms with E-state index in [1.807, 2.05) is 0 Å². The van der Waals surface area contributed by atoms with Crippen molar-refractivity contribution in [3.8, 4) is 0 Å². The quantitative estimate of drug-likeness (QED) is 0.400. The lowest BCUT2D eigenvalue weighted by Gasteiger charge is -2.42. The molecule has 3 aromatic rings. The molecule has 2 aliphatic heterocycles. The molecule has 0 aliphatic carbocycles. The van der Waals surface area contributed by atoms with Crippen LogP contribution in [0.1, 0.15) is 24.1 Å². The number of aromatic nitrogens is 1. The third kappa shape index (κ3) is 3.78. The molecular weight excluding hydrogens is 478 g/mol. The number of halogens is 1. The lowest BCUT2D eigenvalue weighted by molar-refractivity contribution is -0.156. The van der Waals surface area contributed by atoms with Crippen molar-refractivity contribution >= 4 is 46.3 Å². The third-order valence-corrected chi connectivity index (χ3v) is 6.70. The monoisotopic (exact) mass is 499 g/mol. The van der Waals surface area contributed by atoms with Gasteiger partial charge in [-0.15, -0.1) is 0 Å². The number of esters is 1. The molecule has 5 rings (SSSR count). The fraction of sp³-hybridized carbons (Fsp3) is 0.333. The van der Waals surface area contributed by atoms with Gasteiger partial charge in [0.15, 0.2) is 11.5 Å². The van der Waals surface area contributed by atoms with Gasteiger partial charge in [-0.05, 0) is 30.7 Å². The molecule has 1 fully saturated rings. The molecule has 2 unspecified atom stereocenters. The number of imide groups is 1. The molecule has 2 atom stereocenters. The summed E-state index contributed by atoms with van der Waals surface area (Å²) >= 11 is 6.34. The van der Waals surface area contributed by atoms with Gasteiger partial charge in [-0.1, -0.05) is 23.7 Å². The van der Waals surface area contributed by atoms with Gasteiger partial charge in [0.25, 0.3) is 0 Å². The van der Waals surface area contributed by atoms with E-state index in [0.29, 0.717) is 27.4 Å². The lowest BCUT2D eigenvalue weighted by atomic mass is 9.95. The molecule has 0 radical (unpaired) electrons. The summed E-state index contributed by atoms with van der Waals surface area (Å²) in [5, 5.41) is 0.465. The minimum Gasteiger partial charge on any atom is -0.465 e. The Bertz CT molecular complexity index is 1410. The molecule has 1 aromatic heterocycles. The zero-order valence-corrected chi connectivity index (χ0v) is 19.8. The normalized spacial score (nSPS) is 20.3. The maximum absolute atomic E-state index is 13.8. The molecule has 35 heavy (non-hydrogen) atoms. The molecule has 0 saturated carbocycles. The summed E-state index contributed by atoms with van der Waals surface area (Å²) in [5.41, 5.74) is 2.55. The second-order valence-electron chi connectivity index (χ2n) is 8.32. The van der Waals surface area contributed by atoms with E-state index in [-0.39, 0.29) is 31.9 Å². The highest BCUT2D eigenvalue weighted by molar-refractivity contribution is 6.31. The van der Waals surface area contributed by atoms with Gasteiger partial charge < -0.3 is 13.9 Å². The van der Waals surface area contributed by atoms with Gasteiger partial charge >= 0.3 is 17.8 Å². The first-order chi connectivity index (χ1) is 16.8. The van der Waals surface area contributed by atoms with Crippen LogP contribution < -0.4 is 10.7 Å². The predicted octanol–water partition coefficient (Wildman–Crippen LogP) is 3.00. The Balaban J connectivity index is 1.60. The molecule has 0 bridgehead atoms. The molecule has 10 nitrogen and oxygen atoms in total. The van der Waals surface area contributed by atoms with Crippen LogP contribution in [-0.4, -0.2) is 47.1 Å². The number of hydrogen-bond donors (Lipinski definition) is 0. The second kappa shape index (κ2) is 8.86. The van der Waals surface area contributed by atoms with Gasteiger partial charge in [0.2, 0.25) is 5.91 Å². The molecular formula is C24H22ClN3O7. The number of rotatable bonds is 4. The van der Waals surface area contributed by atoms with E-state index in [1.54, 1.807) is 44.3 Å². The third-order valence-electron chi connectivity index (χ3n) is 6.34. The minimum atomic E-state index is -1.24. The van der Waals surface area contributed by atoms with Crippen LogP contribution in [0.25, 0.3) is 11.1 Å². The Morgan fingerprint density at radius 3 is 2.77 bits per heavy atom. The van der Waals surface area contributed by atoms with Crippen molar-refractivity contribution in [1.29, 1.82) is 0 Å². The zero-order chi connectivity index (χ0) is 24.9. The van der Waals surface area contributed by atoms with Crippen molar-refractivity contribution in [1.82, 2.24) is 9.47 Å². The summed E-state index contributed by atoms with van der Waals surface area (Å²) < 4.78 is 17.4. The van der Waals surface area contributed by atoms with Crippen LogP contribution in [0.3, 0.4) is 0 Å². The predicted molar refractivity (Wildman–Crippen MR) is 125 cm³/mol. The van der Waals surface area contributed by atoms with Crippen molar-refractivity contribution in [2.75, 3.05) is 24.7 Å². The van der Waals surface area contributed by atoms with Gasteiger partial charge in [0.1, 0.15) is 0 Å². The van der Waals surface area contributed by atoms with Gasteiger partial charge in [-0.3, -0.25) is 24.0 Å². The highest BCUT2D eigenvalue weighted by Gasteiger charge is 2.48. The average Bonchev–Trinajstić information content (AvgIpc) is 3.12. The number of oxazole rings is 1. The van der Waals surface area contributed by atoms with Crippen molar-refractivity contribution < 1.29 is 28.3 Å². The Hall–Kier alpha value is -3.63. The number of anilines is 1. The number of urea groups is 1. The SMILES string of the molecule is CCOC(=O)C1CN(c2ccc3c(c2)oc(=O)n3C)C(=O)N(C2COCc3c(Cl)cccc32)C1=O. The number of aryl methyl sites for hydroxylation is 1. The van der Waals surface area contributed by atoms with E-state index in [2.05, 4.69) is 0 Å². The average molecular weight is 500 g/mol. The number of carbonyl (C=O) groups is 3. The van der Waals surface area contributed by atoms with Gasteiger partial charge in [0.05, 0.1) is 37.9 Å². The molecule has 3 heterocycles. The zero-order valence-electron chi connectivity index (χ0n) is 19.0. The Morgan fingerprint density at radius 1 is 1.20 bits per heavy atom. The summed E-state index contributed by atoms with van der Waals surface area (Å²) in [6.07, 6.45) is 0. The van der Waals surface area contributed by atoms with E-state index < -0.39 is 35.6 Å². The van der Waals surface area contributed by atoms with Gasteiger partial charge in [-0.2, -0.15) is 0 Å². The molecule has 0 spiro atoms. The number of fused-ring (bicyclic) bond motifs is 2. The van der Waals surface area contributed by atoms with E-state index in [0.717, 1.165) is 4.90 Å². The number of ether oxygens (including phenoxy) is 2. The maximum atomic E-state index is 13.8. The Kier molecular flexibility index (Phi) is 5.86. The van der Waals surface area contributed by atoms with Crippen LogP contribution in [0.5, 0.6) is 0 Å². The highest BCUT2D eigenvalue weighted by atomic mass is 35.5. The summed E-state index contributed by atoms with van der Waals surface area (Å²) in [6, 6.07) is 8.64. The first-order valence-corrected chi connectivity index (χ1v) is 11.5. The molecule has 11 heteroatoms. The maximum Gasteiger partial charge on any atom is 0.419 e. The lowest BCUT2D eigenvalue weighted by Crippen LogP contribution is -2.60. The van der Waals surface area contributed by atoms with Crippen molar-refractivity contribution in [2.24, 2.45) is 13.0 Å². The van der Waals surface area contributed by atoms with E-state index in [9.17, 15) is 19.2 Å². The number of nitrogens with zero attached hydrogens (tertiary/aromatic N) is 3. The standard InChI is InChI=1S/C24H22ClN3O7/c1-3-34-22(30)15-10-27(13-7-8-18-20(9-13)35-24(32)26(18)2)23(31)28(21(15)29)19-12-33-11-16-14(19)5-4-6-17(16)25/h4-9,15,19H,3,10-12H2,1-2H3. The first-order valence-electron chi connectivity index (χ1n) is 11.1. The summed E-state index contributed by atoms with van der Waals surface area (Å²) in [5.74, 6) is -3.18. The molecule has 3 amide bonds. The van der Waals surface area contributed by atoms with Gasteiger partial charge in [0, 0.05) is 29.4 Å². The van der Waals surface area contributed by atoms with Crippen molar-refractivity contribution in [3.05, 3.63) is 63.1 Å². The van der Waals surface area contributed by atoms with Crippen LogP contribution in [0.15, 0.2) is 45.6 Å². The smallest absolute Gasteiger partial charge is 0.419 e. The fourth-order valence-corrected chi connectivity index (χ4v) is 4.79. The molecule has 0 N–H and O–H groups in total. The fourth-order valence-electron chi connectivity index (χ4n) is 4.56. The van der Waals surface area contributed by atoms with Gasteiger partial charge in [-0.25, -0.2) is 9.59 Å². The molecule has 2 aromatic carbocycles. The van der Waals surface area contributed by atoms with E-state index >= 15 is 0 Å². The number of hydrogen-bond acceptors (Lipinski definition) is 7. The number of amides is 3. The summed E-state index contributed by atoms with van der Waals surface area (Å²) in [4.78, 5) is 54.3. The van der Waals surface area contributed by atoms with Crippen LogP contribution in [0.2, 0.25) is 5.02 Å². The van der Waals surface area contributed by atoms with Crippen molar-refractivity contribution in [2.45, 2.75) is 19.6 Å². The summed E-state index contributed by atoms with van der Waals surface area (Å²) in [7, 11) is 1.57. The van der Waals surface area contributed by atoms with E-state index in [1.165, 1.54) is 15.5 Å². The minimum absolute atomic E-state index is 0.0564. The van der Waals surface area contributed by atoms with Crippen LogP contribution in [-0.2, 0) is 32.7 Å². The second-order valence-corrected chi connectivity index (χ2v) is 8.73. The summed E-state index contributed by atoms with van der Waals surface area (Å²) in [6.45, 7) is 1.82. The van der Waals surface area contributed by atoms with Crippen LogP contribution >= 0.6 is 11.6 Å².